The standard InChI is InChI=1S/C18H19N3O2S/c1-4-14-20-17-15(18(23)21(14)11(3)16(19)22)13(9-24-17)12-7-5-10(2)6-8-12/h5-9,11H,4H2,1-3H3,(H2,19,22). The molecule has 0 aliphatic carbocycles. The third-order valence-electron chi connectivity index (χ3n) is 4.19. The van der Waals surface area contributed by atoms with Gasteiger partial charge in [-0.25, -0.2) is 4.98 Å². The molecule has 24 heavy (non-hydrogen) atoms. The molecular weight excluding hydrogens is 322 g/mol. The molecule has 0 fully saturated rings. The van der Waals surface area contributed by atoms with Gasteiger partial charge in [0.15, 0.2) is 0 Å². The van der Waals surface area contributed by atoms with E-state index in [0.29, 0.717) is 22.5 Å². The Morgan fingerprint density at radius 2 is 2.00 bits per heavy atom. The minimum Gasteiger partial charge on any atom is -0.368 e. The number of amides is 1. The minimum atomic E-state index is -0.727. The van der Waals surface area contributed by atoms with Crippen LogP contribution in [0.4, 0.5) is 0 Å². The second kappa shape index (κ2) is 6.20. The Bertz CT molecular complexity index is 970. The average Bonchev–Trinajstić information content (AvgIpc) is 2.99. The summed E-state index contributed by atoms with van der Waals surface area (Å²) in [5, 5.41) is 2.50. The molecule has 0 spiro atoms. The van der Waals surface area contributed by atoms with Gasteiger partial charge in [0.05, 0.1) is 5.39 Å². The number of primary amides is 1. The fourth-order valence-corrected chi connectivity index (χ4v) is 3.72. The lowest BCUT2D eigenvalue weighted by molar-refractivity contribution is -0.120. The van der Waals surface area contributed by atoms with Crippen molar-refractivity contribution in [3.05, 3.63) is 51.4 Å². The molecule has 2 aromatic heterocycles. The highest BCUT2D eigenvalue weighted by atomic mass is 32.1. The Labute approximate surface area is 143 Å². The lowest BCUT2D eigenvalue weighted by atomic mass is 10.0. The molecule has 124 valence electrons. The van der Waals surface area contributed by atoms with E-state index in [4.69, 9.17) is 5.73 Å². The monoisotopic (exact) mass is 341 g/mol. The number of nitrogens with two attached hydrogens (primary N) is 1. The van der Waals surface area contributed by atoms with Crippen molar-refractivity contribution in [1.82, 2.24) is 9.55 Å². The van der Waals surface area contributed by atoms with Crippen LogP contribution >= 0.6 is 11.3 Å². The number of hydrogen-bond acceptors (Lipinski definition) is 4. The zero-order valence-electron chi connectivity index (χ0n) is 13.9. The van der Waals surface area contributed by atoms with Crippen molar-refractivity contribution in [2.45, 2.75) is 33.2 Å². The van der Waals surface area contributed by atoms with Crippen molar-refractivity contribution in [3.8, 4) is 11.1 Å². The van der Waals surface area contributed by atoms with Crippen LogP contribution in [-0.4, -0.2) is 15.5 Å². The summed E-state index contributed by atoms with van der Waals surface area (Å²) in [5.74, 6) is 0.0381. The molecule has 2 heterocycles. The fourth-order valence-electron chi connectivity index (χ4n) is 2.77. The Morgan fingerprint density at radius 3 is 2.58 bits per heavy atom. The molecule has 1 amide bonds. The maximum Gasteiger partial charge on any atom is 0.263 e. The summed E-state index contributed by atoms with van der Waals surface area (Å²) in [7, 11) is 0. The van der Waals surface area contributed by atoms with E-state index in [2.05, 4.69) is 4.98 Å². The number of thiophene rings is 1. The molecule has 6 heteroatoms. The molecule has 2 N–H and O–H groups in total. The first-order valence-corrected chi connectivity index (χ1v) is 8.71. The second-order valence-electron chi connectivity index (χ2n) is 5.83. The van der Waals surface area contributed by atoms with Crippen LogP contribution in [0.2, 0.25) is 0 Å². The SMILES string of the molecule is CCc1nc2scc(-c3ccc(C)cc3)c2c(=O)n1C(C)C(N)=O. The fraction of sp³-hybridized carbons (Fsp3) is 0.278. The lowest BCUT2D eigenvalue weighted by Gasteiger charge is -2.16. The third kappa shape index (κ3) is 2.63. The van der Waals surface area contributed by atoms with Gasteiger partial charge in [0.2, 0.25) is 5.91 Å². The van der Waals surface area contributed by atoms with Gasteiger partial charge in [0, 0.05) is 17.4 Å². The van der Waals surface area contributed by atoms with Gasteiger partial charge in [-0.3, -0.25) is 14.2 Å². The van der Waals surface area contributed by atoms with E-state index in [1.807, 2.05) is 43.5 Å². The first kappa shape index (κ1) is 16.4. The third-order valence-corrected chi connectivity index (χ3v) is 5.06. The Hall–Kier alpha value is -2.47. The summed E-state index contributed by atoms with van der Waals surface area (Å²) in [4.78, 5) is 30.0. The highest BCUT2D eigenvalue weighted by molar-refractivity contribution is 7.17. The average molecular weight is 341 g/mol. The molecule has 3 rings (SSSR count). The number of rotatable bonds is 4. The summed E-state index contributed by atoms with van der Waals surface area (Å²) in [6.07, 6.45) is 0.556. The zero-order chi connectivity index (χ0) is 17.4. The smallest absolute Gasteiger partial charge is 0.263 e. The number of carbonyl (C=O) groups excluding carboxylic acids is 1. The van der Waals surface area contributed by atoms with Gasteiger partial charge in [0.25, 0.3) is 5.56 Å². The molecule has 5 nitrogen and oxygen atoms in total. The summed E-state index contributed by atoms with van der Waals surface area (Å²) in [6.45, 7) is 5.56. The quantitative estimate of drug-likeness (QED) is 0.792. The number of nitrogens with zero attached hydrogens (tertiary/aromatic N) is 2. The van der Waals surface area contributed by atoms with Crippen LogP contribution in [-0.2, 0) is 11.2 Å². The van der Waals surface area contributed by atoms with E-state index < -0.39 is 11.9 Å². The molecule has 0 radical (unpaired) electrons. The first-order chi connectivity index (χ1) is 11.4. The Morgan fingerprint density at radius 1 is 1.33 bits per heavy atom. The lowest BCUT2D eigenvalue weighted by Crippen LogP contribution is -2.34. The van der Waals surface area contributed by atoms with Gasteiger partial charge in [-0.2, -0.15) is 0 Å². The van der Waals surface area contributed by atoms with E-state index in [0.717, 1.165) is 16.7 Å². The van der Waals surface area contributed by atoms with Crippen LogP contribution in [0.3, 0.4) is 0 Å². The van der Waals surface area contributed by atoms with E-state index in [-0.39, 0.29) is 5.56 Å². The molecular formula is C18H19N3O2S. The maximum atomic E-state index is 13.1. The summed E-state index contributed by atoms with van der Waals surface area (Å²) in [6, 6.07) is 7.28. The Kier molecular flexibility index (Phi) is 4.24. The maximum absolute atomic E-state index is 13.1. The highest BCUT2D eigenvalue weighted by Crippen LogP contribution is 2.31. The van der Waals surface area contributed by atoms with Crippen LogP contribution in [0.25, 0.3) is 21.3 Å². The number of carbonyl (C=O) groups is 1. The molecule has 1 unspecified atom stereocenters. The van der Waals surface area contributed by atoms with Crippen molar-refractivity contribution >= 4 is 27.5 Å². The van der Waals surface area contributed by atoms with Crippen LogP contribution in [0, 0.1) is 6.92 Å². The van der Waals surface area contributed by atoms with E-state index in [1.165, 1.54) is 15.9 Å². The highest BCUT2D eigenvalue weighted by Gasteiger charge is 2.21. The van der Waals surface area contributed by atoms with Gasteiger partial charge < -0.3 is 5.73 Å². The van der Waals surface area contributed by atoms with Gasteiger partial charge in [0.1, 0.15) is 16.7 Å². The predicted octanol–water partition coefficient (Wildman–Crippen LogP) is 3.04. The number of hydrogen-bond donors (Lipinski definition) is 1. The molecule has 0 saturated carbocycles. The van der Waals surface area contributed by atoms with Crippen LogP contribution < -0.4 is 11.3 Å². The van der Waals surface area contributed by atoms with Crippen molar-refractivity contribution in [2.75, 3.05) is 0 Å². The van der Waals surface area contributed by atoms with Crippen LogP contribution in [0.1, 0.15) is 31.3 Å². The van der Waals surface area contributed by atoms with Crippen molar-refractivity contribution in [3.63, 3.8) is 0 Å². The van der Waals surface area contributed by atoms with Crippen LogP contribution in [0.15, 0.2) is 34.4 Å². The van der Waals surface area contributed by atoms with Crippen molar-refractivity contribution in [2.24, 2.45) is 5.73 Å². The van der Waals surface area contributed by atoms with Crippen molar-refractivity contribution < 1.29 is 4.79 Å². The summed E-state index contributed by atoms with van der Waals surface area (Å²) < 4.78 is 1.43. The molecule has 0 aliphatic heterocycles. The summed E-state index contributed by atoms with van der Waals surface area (Å²) >= 11 is 1.44. The van der Waals surface area contributed by atoms with E-state index >= 15 is 0 Å². The Balaban J connectivity index is 2.32. The molecule has 1 aromatic carbocycles. The number of aromatic nitrogens is 2. The van der Waals surface area contributed by atoms with Gasteiger partial charge in [-0.15, -0.1) is 11.3 Å². The first-order valence-electron chi connectivity index (χ1n) is 7.83. The number of benzene rings is 1. The predicted molar refractivity (Wildman–Crippen MR) is 97.3 cm³/mol. The van der Waals surface area contributed by atoms with E-state index in [9.17, 15) is 9.59 Å². The normalized spacial score (nSPS) is 12.5. The zero-order valence-corrected chi connectivity index (χ0v) is 14.7. The second-order valence-corrected chi connectivity index (χ2v) is 6.69. The van der Waals surface area contributed by atoms with E-state index in [1.54, 1.807) is 6.92 Å². The topological polar surface area (TPSA) is 78.0 Å². The minimum absolute atomic E-state index is 0.208. The molecule has 3 aromatic rings. The van der Waals surface area contributed by atoms with Crippen LogP contribution in [0.5, 0.6) is 0 Å². The van der Waals surface area contributed by atoms with Crippen molar-refractivity contribution in [1.29, 1.82) is 0 Å². The molecule has 0 aliphatic rings. The largest absolute Gasteiger partial charge is 0.368 e. The van der Waals surface area contributed by atoms with Gasteiger partial charge in [-0.05, 0) is 19.4 Å². The summed E-state index contributed by atoms with van der Waals surface area (Å²) in [5.41, 5.74) is 8.18. The number of fused-ring (bicyclic) bond motifs is 1. The number of aryl methyl sites for hydroxylation is 2. The molecule has 1 atom stereocenters. The van der Waals surface area contributed by atoms with Gasteiger partial charge >= 0.3 is 0 Å². The molecule has 0 bridgehead atoms. The molecule has 0 saturated heterocycles. The van der Waals surface area contributed by atoms with Gasteiger partial charge in [-0.1, -0.05) is 36.8 Å².